The maximum atomic E-state index is 11.0. The van der Waals surface area contributed by atoms with E-state index in [4.69, 9.17) is 0 Å². The lowest BCUT2D eigenvalue weighted by molar-refractivity contribution is -0.137. The van der Waals surface area contributed by atoms with Crippen LogP contribution in [0.25, 0.3) is 0 Å². The van der Waals surface area contributed by atoms with Gasteiger partial charge in [0, 0.05) is 19.2 Å². The summed E-state index contributed by atoms with van der Waals surface area (Å²) < 4.78 is 26.5. The predicted molar refractivity (Wildman–Crippen MR) is 48.3 cm³/mol. The highest BCUT2D eigenvalue weighted by Crippen LogP contribution is 2.02. The van der Waals surface area contributed by atoms with Gasteiger partial charge in [0.15, 0.2) is 9.84 Å². The third kappa shape index (κ3) is 3.87. The molecule has 0 heterocycles. The minimum absolute atomic E-state index is 0.114. The second-order valence-electron chi connectivity index (χ2n) is 2.16. The van der Waals surface area contributed by atoms with E-state index < -0.39 is 20.7 Å². The molecule has 0 aromatic carbocycles. The van der Waals surface area contributed by atoms with Gasteiger partial charge >= 0.3 is 5.97 Å². The molecule has 5 nitrogen and oxygen atoms in total. The second-order valence-corrected chi connectivity index (χ2v) is 4.11. The van der Waals surface area contributed by atoms with Crippen LogP contribution in [0.5, 0.6) is 0 Å². The molecular weight excluding hydrogens is 194 g/mol. The van der Waals surface area contributed by atoms with Crippen LogP contribution in [0.3, 0.4) is 0 Å². The first-order chi connectivity index (χ1) is 5.93. The van der Waals surface area contributed by atoms with Crippen LogP contribution in [0, 0.1) is 0 Å². The van der Waals surface area contributed by atoms with Crippen molar-refractivity contribution in [3.05, 3.63) is 4.91 Å². The van der Waals surface area contributed by atoms with E-state index in [1.54, 1.807) is 6.92 Å². The summed E-state index contributed by atoms with van der Waals surface area (Å²) in [5.41, 5.74) is 0. The van der Waals surface area contributed by atoms with Crippen molar-refractivity contribution in [3.63, 3.8) is 0 Å². The Morgan fingerprint density at radius 1 is 1.54 bits per heavy atom. The van der Waals surface area contributed by atoms with Crippen molar-refractivity contribution in [3.8, 4) is 0 Å². The molecule has 0 aliphatic heterocycles. The first-order valence-corrected chi connectivity index (χ1v) is 5.41. The molecule has 0 amide bonds. The van der Waals surface area contributed by atoms with Crippen LogP contribution in [0.2, 0.25) is 0 Å². The van der Waals surface area contributed by atoms with Crippen molar-refractivity contribution >= 4 is 21.7 Å². The summed E-state index contributed by atoms with van der Waals surface area (Å²) in [7, 11) is -2.29. The summed E-state index contributed by atoms with van der Waals surface area (Å²) >= 11 is 0. The molecule has 0 aliphatic rings. The molecule has 0 aromatic rings. The molecule has 0 N–H and O–H groups in total. The van der Waals surface area contributed by atoms with Gasteiger partial charge in [-0.15, -0.1) is 0 Å². The number of esters is 1. The van der Waals surface area contributed by atoms with Crippen LogP contribution in [-0.4, -0.2) is 40.2 Å². The monoisotopic (exact) mass is 205 g/mol. The van der Waals surface area contributed by atoms with Gasteiger partial charge in [-0.25, -0.2) is 18.2 Å². The van der Waals surface area contributed by atoms with Gasteiger partial charge in [0.05, 0.1) is 6.61 Å². The number of rotatable bonds is 3. The van der Waals surface area contributed by atoms with Gasteiger partial charge in [0.1, 0.15) is 0 Å². The summed E-state index contributed by atoms with van der Waals surface area (Å²) in [5.74, 6) is 1.17. The van der Waals surface area contributed by atoms with Crippen LogP contribution < -0.4 is 0 Å². The highest BCUT2D eigenvalue weighted by Gasteiger charge is 2.21. The van der Waals surface area contributed by atoms with Gasteiger partial charge in [-0.2, -0.15) is 0 Å². The standard InChI is InChI=1S/C7H11NO4S/c1-4-12-7(9)6(5-8-2)13(3,10)11/h4H2,1-3H3. The fourth-order valence-corrected chi connectivity index (χ4v) is 1.20. The van der Waals surface area contributed by atoms with Crippen LogP contribution >= 0.6 is 0 Å². The molecule has 0 rings (SSSR count). The zero-order valence-corrected chi connectivity index (χ0v) is 8.51. The summed E-state index contributed by atoms with van der Waals surface area (Å²) in [6.07, 6.45) is 0.900. The normalized spacial score (nSPS) is 10.1. The molecule has 0 bridgehead atoms. The first kappa shape index (κ1) is 11.9. The van der Waals surface area contributed by atoms with E-state index in [1.807, 2.05) is 0 Å². The Kier molecular flexibility index (Phi) is 4.37. The Bertz CT molecular complexity index is 349. The number of hydrogen-bond donors (Lipinski definition) is 0. The lowest BCUT2D eigenvalue weighted by Crippen LogP contribution is -2.15. The van der Waals surface area contributed by atoms with Crippen molar-refractivity contribution in [1.29, 1.82) is 0 Å². The van der Waals surface area contributed by atoms with Crippen molar-refractivity contribution < 1.29 is 17.9 Å². The van der Waals surface area contributed by atoms with E-state index in [2.05, 4.69) is 15.6 Å². The van der Waals surface area contributed by atoms with Gasteiger partial charge < -0.3 is 4.74 Å². The van der Waals surface area contributed by atoms with Crippen molar-refractivity contribution in [1.82, 2.24) is 0 Å². The first-order valence-electron chi connectivity index (χ1n) is 3.52. The summed E-state index contributed by atoms with van der Waals surface area (Å²) in [5, 5.41) is 0. The lowest BCUT2D eigenvalue weighted by Gasteiger charge is -2.00. The van der Waals surface area contributed by atoms with E-state index in [0.717, 1.165) is 6.26 Å². The molecule has 0 fully saturated rings. The molecule has 0 spiro atoms. The van der Waals surface area contributed by atoms with Crippen molar-refractivity contribution in [2.24, 2.45) is 4.99 Å². The fraction of sp³-hybridized carbons (Fsp3) is 0.571. The molecule has 0 saturated heterocycles. The summed E-state index contributed by atoms with van der Waals surface area (Å²) in [6, 6.07) is 0. The Morgan fingerprint density at radius 2 is 2.08 bits per heavy atom. The van der Waals surface area contributed by atoms with Gasteiger partial charge in [-0.1, -0.05) is 0 Å². The number of aliphatic imine (C=N–C) groups is 1. The van der Waals surface area contributed by atoms with Gasteiger partial charge in [0.25, 0.3) is 0 Å². The zero-order valence-electron chi connectivity index (χ0n) is 7.70. The number of nitrogens with zero attached hydrogens (tertiary/aromatic N) is 1. The van der Waals surface area contributed by atoms with Crippen LogP contribution in [0.1, 0.15) is 6.92 Å². The molecule has 6 heteroatoms. The number of hydrogen-bond acceptors (Lipinski definition) is 5. The highest BCUT2D eigenvalue weighted by molar-refractivity contribution is 7.95. The predicted octanol–water partition coefficient (Wildman–Crippen LogP) is -0.222. The molecule has 0 unspecified atom stereocenters. The van der Waals surface area contributed by atoms with Crippen molar-refractivity contribution in [2.45, 2.75) is 6.92 Å². The Labute approximate surface area is 77.0 Å². The zero-order chi connectivity index (χ0) is 10.5. The molecule has 0 radical (unpaired) electrons. The Morgan fingerprint density at radius 3 is 2.38 bits per heavy atom. The lowest BCUT2D eigenvalue weighted by atomic mass is 10.6. The van der Waals surface area contributed by atoms with Gasteiger partial charge in [0.2, 0.25) is 4.91 Å². The van der Waals surface area contributed by atoms with Crippen LogP contribution in [0.4, 0.5) is 0 Å². The van der Waals surface area contributed by atoms with Crippen LogP contribution in [0.15, 0.2) is 9.90 Å². The molecule has 0 aromatic heterocycles. The fourth-order valence-electron chi connectivity index (χ4n) is 0.578. The third-order valence-electron chi connectivity index (χ3n) is 1.04. The molecule has 0 aliphatic carbocycles. The smallest absolute Gasteiger partial charge is 0.359 e. The topological polar surface area (TPSA) is 72.8 Å². The molecule has 0 atom stereocenters. The quantitative estimate of drug-likeness (QED) is 0.362. The Balaban J connectivity index is 5.10. The third-order valence-corrected chi connectivity index (χ3v) is 2.04. The molecule has 13 heavy (non-hydrogen) atoms. The van der Waals surface area contributed by atoms with E-state index in [-0.39, 0.29) is 6.61 Å². The summed E-state index contributed by atoms with van der Waals surface area (Å²) in [6.45, 7) is 1.70. The van der Waals surface area contributed by atoms with E-state index in [9.17, 15) is 13.2 Å². The highest BCUT2D eigenvalue weighted by atomic mass is 32.2. The largest absolute Gasteiger partial charge is 0.461 e. The van der Waals surface area contributed by atoms with E-state index >= 15 is 0 Å². The number of carbonyl (C=O) groups excluding carboxylic acids is 1. The van der Waals surface area contributed by atoms with Gasteiger partial charge in [-0.3, -0.25) is 0 Å². The average Bonchev–Trinajstić information content (AvgIpc) is 1.98. The van der Waals surface area contributed by atoms with Gasteiger partial charge in [-0.05, 0) is 6.92 Å². The Hall–Kier alpha value is -1.13. The number of sulfone groups is 1. The number of ether oxygens (including phenoxy) is 1. The minimum Gasteiger partial charge on any atom is -0.461 e. The second kappa shape index (κ2) is 4.79. The summed E-state index contributed by atoms with van der Waals surface area (Å²) in [4.78, 5) is 13.8. The van der Waals surface area contributed by atoms with E-state index in [0.29, 0.717) is 0 Å². The van der Waals surface area contributed by atoms with E-state index in [1.165, 1.54) is 7.05 Å². The van der Waals surface area contributed by atoms with Crippen LogP contribution in [-0.2, 0) is 19.4 Å². The minimum atomic E-state index is -3.61. The molecule has 0 saturated carbocycles. The maximum Gasteiger partial charge on any atom is 0.359 e. The molecular formula is C7H11NO4S. The maximum absolute atomic E-state index is 11.0. The average molecular weight is 205 g/mol. The van der Waals surface area contributed by atoms with Crippen molar-refractivity contribution in [2.75, 3.05) is 19.9 Å². The SMILES string of the molecule is CCOC(=O)C(=C=NC)S(C)(=O)=O. The number of carbonyl (C=O) groups is 1. The molecule has 74 valence electrons.